The van der Waals surface area contributed by atoms with Crippen molar-refractivity contribution < 1.29 is 79.8 Å². The Morgan fingerprint density at radius 1 is 0.636 bits per heavy atom. The second-order valence-electron chi connectivity index (χ2n) is 1.81. The fraction of sp³-hybridized carbons (Fsp3) is 0. The smallest absolute Gasteiger partial charge is 0.326 e. The van der Waals surface area contributed by atoms with Crippen LogP contribution in [0.25, 0.3) is 0 Å². The molecule has 0 saturated carbocycles. The average Bonchev–Trinajstić information content (AvgIpc) is 1.88. The normalized spacial score (nSPS) is 10.1. The molecular weight excluding hydrogens is 428 g/mol. The first-order chi connectivity index (χ1) is 9.20. The van der Waals surface area contributed by atoms with Gasteiger partial charge in [-0.1, -0.05) is 0 Å². The third kappa shape index (κ3) is 41700. The molecular formula is H14O17P4S. The van der Waals surface area contributed by atoms with Gasteiger partial charge in [0.15, 0.2) is 0 Å². The van der Waals surface area contributed by atoms with Gasteiger partial charge in [0.2, 0.25) is 0 Å². The summed E-state index contributed by atoms with van der Waals surface area (Å²) in [5, 5.41) is 0. The molecule has 0 heterocycles. The van der Waals surface area contributed by atoms with Gasteiger partial charge in [0.05, 0.1) is 0 Å². The van der Waals surface area contributed by atoms with Crippen molar-refractivity contribution in [1.29, 1.82) is 0 Å². The Morgan fingerprint density at radius 3 is 0.636 bits per heavy atom. The molecule has 0 saturated heterocycles. The van der Waals surface area contributed by atoms with Crippen molar-refractivity contribution in [3.8, 4) is 0 Å². The van der Waals surface area contributed by atoms with E-state index in [0.29, 0.717) is 0 Å². The Balaban J connectivity index is -0.0000000550. The predicted octanol–water partition coefficient (Wildman–Crippen LogP) is -3.50. The van der Waals surface area contributed by atoms with Crippen molar-refractivity contribution in [2.24, 2.45) is 0 Å². The zero-order valence-corrected chi connectivity index (χ0v) is 14.4. The van der Waals surface area contributed by atoms with Crippen molar-refractivity contribution in [3.63, 3.8) is 0 Å². The van der Waals surface area contributed by atoms with Gasteiger partial charge < -0.3 is 44.0 Å². The Hall–Kier alpha value is 0.430. The largest absolute Gasteiger partial charge is 0.466 e. The molecule has 22 heteroatoms. The van der Waals surface area contributed by atoms with Gasteiger partial charge in [-0.25, -0.2) is 4.57 Å². The van der Waals surface area contributed by atoms with E-state index in [9.17, 15) is 0 Å². The SMILES string of the molecule is O=P(O)(O)O.O=S(=O)(O)O.O=[PH](O)O.O=[PH](O)O.O=[PH](O)O. The van der Waals surface area contributed by atoms with Crippen LogP contribution in [-0.4, -0.2) is 61.6 Å². The van der Waals surface area contributed by atoms with Crippen LogP contribution < -0.4 is 0 Å². The maximum absolute atomic E-state index is 8.88. The van der Waals surface area contributed by atoms with Crippen LogP contribution in [0.4, 0.5) is 0 Å². The molecule has 11 N–H and O–H groups in total. The summed E-state index contributed by atoms with van der Waals surface area (Å²) in [6.07, 6.45) is 0. The number of rotatable bonds is 0. The first-order valence-electron chi connectivity index (χ1n) is 3.44. The highest BCUT2D eigenvalue weighted by atomic mass is 32.3. The number of hydrogen-bond donors (Lipinski definition) is 11. The summed E-state index contributed by atoms with van der Waals surface area (Å²) in [5.74, 6) is 0. The standard InChI is InChI=1S/H3O4P.H2O4S.3H3O3P/c2*1-5(2,3)4;3*1-4(2)3/h(H3,1,2,3,4);(H2,1,2,3,4);3*4H,(H2,1,2,3). The van der Waals surface area contributed by atoms with E-state index in [1.54, 1.807) is 0 Å². The van der Waals surface area contributed by atoms with E-state index < -0.39 is 43.0 Å². The third-order valence-corrected chi connectivity index (χ3v) is 0. The quantitative estimate of drug-likeness (QED) is 0.128. The van der Waals surface area contributed by atoms with E-state index >= 15 is 0 Å². The van der Waals surface area contributed by atoms with Crippen molar-refractivity contribution in [3.05, 3.63) is 0 Å². The van der Waals surface area contributed by atoms with Crippen molar-refractivity contribution in [2.45, 2.75) is 0 Å². The summed E-state index contributed by atoms with van der Waals surface area (Å²) in [7, 11) is -18.7. The van der Waals surface area contributed by atoms with Crippen LogP contribution in [0.2, 0.25) is 0 Å². The van der Waals surface area contributed by atoms with Gasteiger partial charge in [-0.2, -0.15) is 8.42 Å². The molecule has 0 radical (unpaired) electrons. The summed E-state index contributed by atoms with van der Waals surface area (Å²) in [4.78, 5) is 64.5. The predicted molar refractivity (Wildman–Crippen MR) is 68.8 cm³/mol. The molecule has 0 amide bonds. The molecule has 0 rings (SSSR count). The van der Waals surface area contributed by atoms with Gasteiger partial charge in [-0.3, -0.25) is 22.8 Å². The lowest BCUT2D eigenvalue weighted by atomic mass is 15.8. The minimum absolute atomic E-state index is 3.13. The zero-order chi connectivity index (χ0) is 19.7. The van der Waals surface area contributed by atoms with Crippen LogP contribution in [0.15, 0.2) is 0 Å². The highest BCUT2D eigenvalue weighted by Gasteiger charge is 2.00. The van der Waals surface area contributed by atoms with E-state index in [4.69, 9.17) is 79.8 Å². The first-order valence-corrected chi connectivity index (χ1v) is 10.3. The molecule has 22 heavy (non-hydrogen) atoms. The van der Waals surface area contributed by atoms with Crippen molar-refractivity contribution in [2.75, 3.05) is 0 Å². The van der Waals surface area contributed by atoms with Gasteiger partial charge in [0, 0.05) is 0 Å². The fourth-order valence-corrected chi connectivity index (χ4v) is 0. The van der Waals surface area contributed by atoms with E-state index in [2.05, 4.69) is 0 Å². The monoisotopic (exact) mass is 442 g/mol. The molecule has 0 aliphatic heterocycles. The molecule has 0 atom stereocenters. The highest BCUT2D eigenvalue weighted by Crippen LogP contribution is 2.25. The molecule has 0 fully saturated rings. The Kier molecular flexibility index (Phi) is 30.0. The van der Waals surface area contributed by atoms with Crippen LogP contribution in [0, 0.1) is 0 Å². The summed E-state index contributed by atoms with van der Waals surface area (Å²) in [6, 6.07) is 0. The van der Waals surface area contributed by atoms with Gasteiger partial charge >= 0.3 is 43.0 Å². The second-order valence-corrected chi connectivity index (χ2v) is 5.43. The lowest BCUT2D eigenvalue weighted by Gasteiger charge is -1.82. The first kappa shape index (κ1) is 33.9. The maximum atomic E-state index is 8.88. The summed E-state index contributed by atoms with van der Waals surface area (Å²) in [5.41, 5.74) is 0. The molecule has 0 aliphatic rings. The molecule has 0 spiro atoms. The maximum Gasteiger partial charge on any atom is 0.466 e. The lowest BCUT2D eigenvalue weighted by molar-refractivity contribution is 0.275. The van der Waals surface area contributed by atoms with E-state index in [1.165, 1.54) is 0 Å². The van der Waals surface area contributed by atoms with Crippen molar-refractivity contribution in [1.82, 2.24) is 0 Å². The minimum atomic E-state index is -4.67. The van der Waals surface area contributed by atoms with E-state index in [1.807, 2.05) is 0 Å². The number of hydrogen-bond acceptors (Lipinski definition) is 6. The van der Waals surface area contributed by atoms with Gasteiger partial charge in [0.25, 0.3) is 0 Å². The van der Waals surface area contributed by atoms with E-state index in [-0.39, 0.29) is 0 Å². The average molecular weight is 442 g/mol. The van der Waals surface area contributed by atoms with Crippen LogP contribution in [-0.2, 0) is 28.7 Å². The lowest BCUT2D eigenvalue weighted by Crippen LogP contribution is -1.89. The molecule has 0 aromatic carbocycles. The molecule has 0 aromatic rings. The Morgan fingerprint density at radius 2 is 0.636 bits per heavy atom. The van der Waals surface area contributed by atoms with Gasteiger partial charge in [-0.15, -0.1) is 0 Å². The van der Waals surface area contributed by atoms with Gasteiger partial charge in [0.1, 0.15) is 0 Å². The van der Waals surface area contributed by atoms with Gasteiger partial charge in [-0.05, 0) is 0 Å². The topological polar surface area (TPSA) is 325 Å². The van der Waals surface area contributed by atoms with Crippen molar-refractivity contribution >= 4 is 43.0 Å². The second kappa shape index (κ2) is 19.5. The highest BCUT2D eigenvalue weighted by molar-refractivity contribution is 7.79. The minimum Gasteiger partial charge on any atom is -0.326 e. The Labute approximate surface area is 123 Å². The van der Waals surface area contributed by atoms with E-state index in [0.717, 1.165) is 0 Å². The fourth-order valence-electron chi connectivity index (χ4n) is 0. The third-order valence-electron chi connectivity index (χ3n) is 0. The molecule has 0 bridgehead atoms. The zero-order valence-electron chi connectivity index (χ0n) is 9.72. The van der Waals surface area contributed by atoms with Crippen LogP contribution in [0.3, 0.4) is 0 Å². The summed E-state index contributed by atoms with van der Waals surface area (Å²) < 4.78 is 66.7. The van der Waals surface area contributed by atoms with Crippen LogP contribution >= 0.6 is 32.6 Å². The molecule has 0 unspecified atom stereocenters. The molecule has 0 aromatic heterocycles. The Bertz CT molecular complexity index is 380. The summed E-state index contributed by atoms with van der Waals surface area (Å²) >= 11 is 0. The van der Waals surface area contributed by atoms with Crippen LogP contribution in [0.1, 0.15) is 0 Å². The van der Waals surface area contributed by atoms with Crippen LogP contribution in [0.5, 0.6) is 0 Å². The molecule has 142 valence electrons. The summed E-state index contributed by atoms with van der Waals surface area (Å²) in [6.45, 7) is 0. The molecule has 17 nitrogen and oxygen atoms in total. The molecule has 0 aliphatic carbocycles. The number of phosphoric acid groups is 1.